The molecule has 2 atom stereocenters. The molecule has 1 fully saturated rings. The number of phenols is 1. The van der Waals surface area contributed by atoms with E-state index in [2.05, 4.69) is 21.4 Å². The van der Waals surface area contributed by atoms with Gasteiger partial charge in [-0.15, -0.1) is 0 Å². The minimum absolute atomic E-state index is 0.00733. The Kier molecular flexibility index (Phi) is 5.20. The number of hydrazone groups is 1. The summed E-state index contributed by atoms with van der Waals surface area (Å²) in [5.74, 6) is -0.219. The van der Waals surface area contributed by atoms with Crippen LogP contribution in [-0.2, 0) is 4.79 Å². The Bertz CT molecular complexity index is 855. The molecular formula is C17H17N5O4. The van der Waals surface area contributed by atoms with Gasteiger partial charge in [-0.3, -0.25) is 14.9 Å². The Morgan fingerprint density at radius 2 is 2.08 bits per heavy atom. The number of rotatable bonds is 5. The van der Waals surface area contributed by atoms with Crippen molar-refractivity contribution < 1.29 is 14.8 Å². The molecule has 9 heteroatoms. The van der Waals surface area contributed by atoms with Gasteiger partial charge in [-0.2, -0.15) is 5.10 Å². The van der Waals surface area contributed by atoms with E-state index in [0.717, 1.165) is 5.56 Å². The van der Waals surface area contributed by atoms with Gasteiger partial charge in [-0.05, 0) is 29.7 Å². The molecule has 1 aliphatic rings. The average molecular weight is 355 g/mol. The van der Waals surface area contributed by atoms with E-state index in [1.807, 2.05) is 0 Å². The number of non-ortho nitro benzene ring substituents is 1. The minimum atomic E-state index is -0.527. The van der Waals surface area contributed by atoms with Gasteiger partial charge in [0.15, 0.2) is 0 Å². The SMILES string of the molecule is O=C(N/N=C/c1cccc(O)c1)C1CC(c2cccc([N+](=O)[O-])c2)NN1. The van der Waals surface area contributed by atoms with E-state index in [4.69, 9.17) is 0 Å². The number of carbonyl (C=O) groups is 1. The van der Waals surface area contributed by atoms with Crippen molar-refractivity contribution in [3.8, 4) is 5.75 Å². The van der Waals surface area contributed by atoms with Crippen LogP contribution in [0.15, 0.2) is 53.6 Å². The number of benzene rings is 2. The Morgan fingerprint density at radius 1 is 1.27 bits per heavy atom. The van der Waals surface area contributed by atoms with Crippen LogP contribution in [0.1, 0.15) is 23.6 Å². The Balaban J connectivity index is 1.57. The molecule has 3 rings (SSSR count). The topological polar surface area (TPSA) is 129 Å². The molecule has 0 aromatic heterocycles. The van der Waals surface area contributed by atoms with E-state index in [1.165, 1.54) is 30.5 Å². The van der Waals surface area contributed by atoms with E-state index in [9.17, 15) is 20.0 Å². The van der Waals surface area contributed by atoms with Crippen molar-refractivity contribution in [2.75, 3.05) is 0 Å². The molecule has 4 N–H and O–H groups in total. The van der Waals surface area contributed by atoms with E-state index in [1.54, 1.807) is 24.3 Å². The first-order chi connectivity index (χ1) is 12.5. The van der Waals surface area contributed by atoms with Gasteiger partial charge < -0.3 is 5.11 Å². The lowest BCUT2D eigenvalue weighted by molar-refractivity contribution is -0.384. The van der Waals surface area contributed by atoms with Crippen LogP contribution in [0.3, 0.4) is 0 Å². The maximum absolute atomic E-state index is 12.2. The fourth-order valence-corrected chi connectivity index (χ4v) is 2.66. The molecule has 2 aromatic rings. The normalized spacial score (nSPS) is 19.5. The second-order valence-electron chi connectivity index (χ2n) is 5.81. The first-order valence-electron chi connectivity index (χ1n) is 7.90. The lowest BCUT2D eigenvalue weighted by Gasteiger charge is -2.09. The monoisotopic (exact) mass is 355 g/mol. The van der Waals surface area contributed by atoms with E-state index >= 15 is 0 Å². The summed E-state index contributed by atoms with van der Waals surface area (Å²) in [6, 6.07) is 12.0. The number of nitrogens with one attached hydrogen (secondary N) is 3. The highest BCUT2D eigenvalue weighted by molar-refractivity contribution is 5.85. The standard InChI is InChI=1S/C17H17N5O4/c23-14-6-1-3-11(7-14)10-18-21-17(24)16-9-15(19-20-16)12-4-2-5-13(8-12)22(25)26/h1-8,10,15-16,19-20,23H,9H2,(H,21,24)/b18-10+. The molecule has 1 aliphatic heterocycles. The van der Waals surface area contributed by atoms with E-state index < -0.39 is 11.0 Å². The predicted molar refractivity (Wildman–Crippen MR) is 94.4 cm³/mol. The molecule has 0 aliphatic carbocycles. The van der Waals surface area contributed by atoms with Crippen LogP contribution >= 0.6 is 0 Å². The van der Waals surface area contributed by atoms with Gasteiger partial charge in [0.25, 0.3) is 11.6 Å². The zero-order valence-electron chi connectivity index (χ0n) is 13.6. The van der Waals surface area contributed by atoms with Gasteiger partial charge >= 0.3 is 0 Å². The van der Waals surface area contributed by atoms with Crippen LogP contribution in [0.25, 0.3) is 0 Å². The fourth-order valence-electron chi connectivity index (χ4n) is 2.66. The summed E-state index contributed by atoms with van der Waals surface area (Å²) >= 11 is 0. The summed E-state index contributed by atoms with van der Waals surface area (Å²) in [6.45, 7) is 0. The van der Waals surface area contributed by atoms with Gasteiger partial charge in [-0.1, -0.05) is 24.3 Å². The highest BCUT2D eigenvalue weighted by atomic mass is 16.6. The third-order valence-electron chi connectivity index (χ3n) is 3.96. The number of nitro benzene ring substituents is 1. The van der Waals surface area contributed by atoms with Crippen LogP contribution in [0.2, 0.25) is 0 Å². The maximum atomic E-state index is 12.2. The van der Waals surface area contributed by atoms with Crippen molar-refractivity contribution in [3.63, 3.8) is 0 Å². The number of nitro groups is 1. The number of amides is 1. The largest absolute Gasteiger partial charge is 0.508 e. The van der Waals surface area contributed by atoms with Crippen molar-refractivity contribution in [2.24, 2.45) is 5.10 Å². The molecule has 0 bridgehead atoms. The molecule has 1 saturated heterocycles. The zero-order valence-corrected chi connectivity index (χ0v) is 13.6. The zero-order chi connectivity index (χ0) is 18.5. The molecule has 1 heterocycles. The van der Waals surface area contributed by atoms with E-state index in [0.29, 0.717) is 12.0 Å². The maximum Gasteiger partial charge on any atom is 0.269 e. The van der Waals surface area contributed by atoms with Crippen molar-refractivity contribution >= 4 is 17.8 Å². The first-order valence-corrected chi connectivity index (χ1v) is 7.90. The minimum Gasteiger partial charge on any atom is -0.508 e. The molecule has 2 unspecified atom stereocenters. The van der Waals surface area contributed by atoms with Crippen molar-refractivity contribution in [1.29, 1.82) is 0 Å². The second kappa shape index (κ2) is 7.72. The van der Waals surface area contributed by atoms with Crippen LogP contribution in [-0.4, -0.2) is 28.2 Å². The number of carbonyl (C=O) groups excluding carboxylic acids is 1. The number of hydrogen-bond acceptors (Lipinski definition) is 7. The quantitative estimate of drug-likeness (QED) is 0.364. The van der Waals surface area contributed by atoms with Gasteiger partial charge in [0, 0.05) is 18.2 Å². The number of nitrogens with zero attached hydrogens (tertiary/aromatic N) is 2. The molecule has 134 valence electrons. The third-order valence-corrected chi connectivity index (χ3v) is 3.96. The van der Waals surface area contributed by atoms with Crippen LogP contribution < -0.4 is 16.3 Å². The van der Waals surface area contributed by atoms with Crippen LogP contribution in [0.5, 0.6) is 5.75 Å². The van der Waals surface area contributed by atoms with Crippen LogP contribution in [0, 0.1) is 10.1 Å². The highest BCUT2D eigenvalue weighted by Crippen LogP contribution is 2.25. The van der Waals surface area contributed by atoms with Crippen molar-refractivity contribution in [2.45, 2.75) is 18.5 Å². The summed E-state index contributed by atoms with van der Waals surface area (Å²) < 4.78 is 0. The summed E-state index contributed by atoms with van der Waals surface area (Å²) in [5, 5.41) is 24.1. The highest BCUT2D eigenvalue weighted by Gasteiger charge is 2.30. The van der Waals surface area contributed by atoms with Gasteiger partial charge in [0.05, 0.1) is 11.1 Å². The number of hydrazine groups is 1. The Hall–Kier alpha value is -3.30. The van der Waals surface area contributed by atoms with Gasteiger partial charge in [0.2, 0.25) is 0 Å². The first kappa shape index (κ1) is 17.5. The molecular weight excluding hydrogens is 338 g/mol. The molecule has 2 aromatic carbocycles. The summed E-state index contributed by atoms with van der Waals surface area (Å²) in [6.07, 6.45) is 1.85. The number of phenolic OH excluding ortho intramolecular Hbond substituents is 1. The van der Waals surface area contributed by atoms with Gasteiger partial charge in [-0.25, -0.2) is 16.3 Å². The lowest BCUT2D eigenvalue weighted by Crippen LogP contribution is -2.41. The summed E-state index contributed by atoms with van der Waals surface area (Å²) in [5.41, 5.74) is 9.65. The molecule has 0 saturated carbocycles. The molecule has 0 radical (unpaired) electrons. The summed E-state index contributed by atoms with van der Waals surface area (Å²) in [7, 11) is 0. The third kappa shape index (κ3) is 4.21. The number of hydrogen-bond donors (Lipinski definition) is 4. The molecule has 26 heavy (non-hydrogen) atoms. The smallest absolute Gasteiger partial charge is 0.269 e. The molecule has 0 spiro atoms. The van der Waals surface area contributed by atoms with Crippen LogP contribution in [0.4, 0.5) is 5.69 Å². The van der Waals surface area contributed by atoms with Gasteiger partial charge in [0.1, 0.15) is 11.8 Å². The second-order valence-corrected chi connectivity index (χ2v) is 5.81. The Morgan fingerprint density at radius 3 is 2.85 bits per heavy atom. The lowest BCUT2D eigenvalue weighted by atomic mass is 10.0. The number of aromatic hydroxyl groups is 1. The Labute approximate surface area is 148 Å². The van der Waals surface area contributed by atoms with Crippen molar-refractivity contribution in [3.05, 3.63) is 69.8 Å². The van der Waals surface area contributed by atoms with Crippen molar-refractivity contribution in [1.82, 2.24) is 16.3 Å². The fraction of sp³-hybridized carbons (Fsp3) is 0.176. The average Bonchev–Trinajstić information content (AvgIpc) is 3.12. The predicted octanol–water partition coefficient (Wildman–Crippen LogP) is 1.36. The van der Waals surface area contributed by atoms with E-state index in [-0.39, 0.29) is 23.4 Å². The summed E-state index contributed by atoms with van der Waals surface area (Å²) in [4.78, 5) is 22.6. The molecule has 1 amide bonds. The molecule has 9 nitrogen and oxygen atoms in total.